The molecule has 1 nitrogen and oxygen atoms in total. The molecular weight excluding hydrogens is 153 g/mol. The van der Waals surface area contributed by atoms with Crippen LogP contribution in [0.15, 0.2) is 36.2 Å². The number of hydrogen-bond acceptors (Lipinski definition) is 1. The lowest BCUT2D eigenvalue weighted by molar-refractivity contribution is 0.364. The predicted octanol–water partition coefficient (Wildman–Crippen LogP) is 2.29. The van der Waals surface area contributed by atoms with E-state index in [-0.39, 0.29) is 5.83 Å². The second-order valence-corrected chi connectivity index (χ2v) is 2.92. The molecule has 1 heterocycles. The molecule has 0 aliphatic carbocycles. The van der Waals surface area contributed by atoms with Gasteiger partial charge in [0.25, 0.3) is 0 Å². The number of nitrogens with zero attached hydrogens (tertiary/aromatic N) is 1. The average molecular weight is 167 g/mol. The fraction of sp³-hybridized carbons (Fsp3) is 0.400. The summed E-state index contributed by atoms with van der Waals surface area (Å²) in [6, 6.07) is 0. The first-order chi connectivity index (χ1) is 5.69. The third-order valence-corrected chi connectivity index (χ3v) is 2.18. The standard InChI is InChI=1S/C10H14FN/c1-4-9-6-12(5-2)7-10(9)8(3)11/h4H,1,3,5-7H2,2H3. The quantitative estimate of drug-likeness (QED) is 0.623. The van der Waals surface area contributed by atoms with Crippen molar-refractivity contribution in [3.8, 4) is 0 Å². The second-order valence-electron chi connectivity index (χ2n) is 2.92. The third kappa shape index (κ3) is 1.64. The first kappa shape index (κ1) is 9.20. The topological polar surface area (TPSA) is 3.24 Å². The van der Waals surface area contributed by atoms with Gasteiger partial charge in [0.1, 0.15) is 5.83 Å². The monoisotopic (exact) mass is 167 g/mol. The van der Waals surface area contributed by atoms with Crippen molar-refractivity contribution in [2.24, 2.45) is 0 Å². The Kier molecular flexibility index (Phi) is 2.82. The molecule has 1 aliphatic heterocycles. The minimum Gasteiger partial charge on any atom is -0.295 e. The van der Waals surface area contributed by atoms with Crippen LogP contribution in [0.25, 0.3) is 0 Å². The van der Waals surface area contributed by atoms with Crippen molar-refractivity contribution in [1.29, 1.82) is 0 Å². The molecule has 66 valence electrons. The van der Waals surface area contributed by atoms with Crippen molar-refractivity contribution < 1.29 is 4.39 Å². The van der Waals surface area contributed by atoms with Crippen molar-refractivity contribution in [2.45, 2.75) is 6.92 Å². The van der Waals surface area contributed by atoms with Crippen LogP contribution < -0.4 is 0 Å². The number of hydrogen-bond donors (Lipinski definition) is 0. The van der Waals surface area contributed by atoms with Gasteiger partial charge < -0.3 is 0 Å². The van der Waals surface area contributed by atoms with E-state index in [2.05, 4.69) is 25.0 Å². The molecule has 0 saturated carbocycles. The van der Waals surface area contributed by atoms with Gasteiger partial charge in [0.05, 0.1) is 0 Å². The van der Waals surface area contributed by atoms with Crippen LogP contribution in [0, 0.1) is 0 Å². The summed E-state index contributed by atoms with van der Waals surface area (Å²) in [6.07, 6.45) is 1.72. The maximum absolute atomic E-state index is 12.8. The number of halogens is 1. The molecule has 0 fully saturated rings. The van der Waals surface area contributed by atoms with Gasteiger partial charge in [-0.3, -0.25) is 4.90 Å². The molecule has 0 bridgehead atoms. The van der Waals surface area contributed by atoms with Gasteiger partial charge in [-0.2, -0.15) is 0 Å². The van der Waals surface area contributed by atoms with Gasteiger partial charge in [-0.05, 0) is 12.1 Å². The molecular formula is C10H14FN. The van der Waals surface area contributed by atoms with E-state index >= 15 is 0 Å². The Labute approximate surface area is 72.9 Å². The van der Waals surface area contributed by atoms with E-state index in [1.165, 1.54) is 0 Å². The highest BCUT2D eigenvalue weighted by molar-refractivity contribution is 5.40. The van der Waals surface area contributed by atoms with E-state index in [1.54, 1.807) is 6.08 Å². The minimum absolute atomic E-state index is 0.319. The third-order valence-electron chi connectivity index (χ3n) is 2.18. The van der Waals surface area contributed by atoms with Crippen molar-refractivity contribution in [2.75, 3.05) is 19.6 Å². The Morgan fingerprint density at radius 3 is 2.67 bits per heavy atom. The highest BCUT2D eigenvalue weighted by atomic mass is 19.1. The van der Waals surface area contributed by atoms with Gasteiger partial charge >= 0.3 is 0 Å². The second kappa shape index (κ2) is 3.68. The van der Waals surface area contributed by atoms with Gasteiger partial charge in [0.15, 0.2) is 0 Å². The summed E-state index contributed by atoms with van der Waals surface area (Å²) in [5, 5.41) is 0. The lowest BCUT2D eigenvalue weighted by Gasteiger charge is -2.11. The predicted molar refractivity (Wildman–Crippen MR) is 49.6 cm³/mol. The summed E-state index contributed by atoms with van der Waals surface area (Å²) in [6.45, 7) is 11.4. The molecule has 1 aliphatic rings. The van der Waals surface area contributed by atoms with Gasteiger partial charge in [-0.1, -0.05) is 26.2 Å². The van der Waals surface area contributed by atoms with E-state index in [0.717, 1.165) is 18.7 Å². The molecule has 0 spiro atoms. The summed E-state index contributed by atoms with van der Waals surface area (Å²) in [5.41, 5.74) is 1.69. The lowest BCUT2D eigenvalue weighted by Crippen LogP contribution is -2.20. The van der Waals surface area contributed by atoms with Crippen LogP contribution in [0.5, 0.6) is 0 Å². The Bertz CT molecular complexity index is 240. The molecule has 0 radical (unpaired) electrons. The summed E-state index contributed by atoms with van der Waals surface area (Å²) in [5.74, 6) is -0.319. The van der Waals surface area contributed by atoms with Crippen LogP contribution in [0.1, 0.15) is 6.92 Å². The smallest absolute Gasteiger partial charge is 0.120 e. The van der Waals surface area contributed by atoms with Gasteiger partial charge in [0, 0.05) is 18.7 Å². The van der Waals surface area contributed by atoms with Crippen LogP contribution in [-0.2, 0) is 0 Å². The number of likely N-dealkylation sites (N-methyl/N-ethyl adjacent to an activating group) is 1. The zero-order chi connectivity index (χ0) is 9.14. The molecule has 0 N–H and O–H groups in total. The maximum atomic E-state index is 12.8. The Hall–Kier alpha value is -0.890. The molecule has 2 heteroatoms. The van der Waals surface area contributed by atoms with Crippen LogP contribution in [0.2, 0.25) is 0 Å². The van der Waals surface area contributed by atoms with Crippen molar-refractivity contribution in [1.82, 2.24) is 4.90 Å². The van der Waals surface area contributed by atoms with Crippen molar-refractivity contribution in [3.63, 3.8) is 0 Å². The van der Waals surface area contributed by atoms with Crippen LogP contribution in [0.4, 0.5) is 4.39 Å². The maximum Gasteiger partial charge on any atom is 0.120 e. The molecule has 0 saturated heterocycles. The minimum atomic E-state index is -0.319. The average Bonchev–Trinajstić information content (AvgIpc) is 2.47. The summed E-state index contributed by atoms with van der Waals surface area (Å²) >= 11 is 0. The lowest BCUT2D eigenvalue weighted by atomic mass is 10.1. The summed E-state index contributed by atoms with van der Waals surface area (Å²) in [7, 11) is 0. The highest BCUT2D eigenvalue weighted by Crippen LogP contribution is 2.23. The van der Waals surface area contributed by atoms with E-state index < -0.39 is 0 Å². The van der Waals surface area contributed by atoms with E-state index in [9.17, 15) is 4.39 Å². The van der Waals surface area contributed by atoms with Gasteiger partial charge in [-0.25, -0.2) is 4.39 Å². The zero-order valence-corrected chi connectivity index (χ0v) is 7.44. The molecule has 12 heavy (non-hydrogen) atoms. The first-order valence-corrected chi connectivity index (χ1v) is 4.10. The Morgan fingerprint density at radius 2 is 2.33 bits per heavy atom. The zero-order valence-electron chi connectivity index (χ0n) is 7.44. The Balaban J connectivity index is 2.80. The largest absolute Gasteiger partial charge is 0.295 e. The molecule has 0 atom stereocenters. The van der Waals surface area contributed by atoms with Crippen LogP contribution in [0.3, 0.4) is 0 Å². The fourth-order valence-electron chi connectivity index (χ4n) is 1.39. The van der Waals surface area contributed by atoms with Gasteiger partial charge in [0.2, 0.25) is 0 Å². The fourth-order valence-corrected chi connectivity index (χ4v) is 1.39. The SMILES string of the molecule is C=CC1=C(C(=C)F)CN(CC)C1. The van der Waals surface area contributed by atoms with Gasteiger partial charge in [-0.15, -0.1) is 0 Å². The van der Waals surface area contributed by atoms with E-state index in [0.29, 0.717) is 12.1 Å². The van der Waals surface area contributed by atoms with E-state index in [1.807, 2.05) is 0 Å². The first-order valence-electron chi connectivity index (χ1n) is 4.10. The van der Waals surface area contributed by atoms with Crippen molar-refractivity contribution >= 4 is 0 Å². The van der Waals surface area contributed by atoms with Crippen molar-refractivity contribution in [3.05, 3.63) is 36.2 Å². The molecule has 0 aromatic heterocycles. The highest BCUT2D eigenvalue weighted by Gasteiger charge is 2.20. The molecule has 0 aromatic rings. The number of rotatable bonds is 3. The molecule has 0 aromatic carbocycles. The molecule has 0 unspecified atom stereocenters. The van der Waals surface area contributed by atoms with Crippen LogP contribution >= 0.6 is 0 Å². The summed E-state index contributed by atoms with van der Waals surface area (Å²) in [4.78, 5) is 2.15. The van der Waals surface area contributed by atoms with E-state index in [4.69, 9.17) is 0 Å². The molecule has 0 amide bonds. The normalized spacial score (nSPS) is 18.5. The molecule has 1 rings (SSSR count). The summed E-state index contributed by atoms with van der Waals surface area (Å²) < 4.78 is 12.8. The van der Waals surface area contributed by atoms with Crippen LogP contribution in [-0.4, -0.2) is 24.5 Å². The Morgan fingerprint density at radius 1 is 1.67 bits per heavy atom.